The Bertz CT molecular complexity index is 774. The SMILES string of the molecule is CC1CN(C(=O)C2CCN(C(=O)C3(c4cccc(F)c4)CCCC3)CC2)CC(C)O1. The van der Waals surface area contributed by atoms with Crippen molar-refractivity contribution in [2.24, 2.45) is 5.92 Å². The molecule has 2 unspecified atom stereocenters. The highest BCUT2D eigenvalue weighted by Crippen LogP contribution is 2.43. The fraction of sp³-hybridized carbons (Fsp3) is 0.667. The van der Waals surface area contributed by atoms with Gasteiger partial charge in [-0.1, -0.05) is 25.0 Å². The lowest BCUT2D eigenvalue weighted by Gasteiger charge is -2.41. The van der Waals surface area contributed by atoms with Crippen LogP contribution in [0.5, 0.6) is 0 Å². The van der Waals surface area contributed by atoms with E-state index >= 15 is 0 Å². The van der Waals surface area contributed by atoms with E-state index in [0.29, 0.717) is 39.0 Å². The third kappa shape index (κ3) is 4.11. The van der Waals surface area contributed by atoms with Crippen molar-refractivity contribution in [2.75, 3.05) is 26.2 Å². The summed E-state index contributed by atoms with van der Waals surface area (Å²) < 4.78 is 19.6. The van der Waals surface area contributed by atoms with E-state index in [2.05, 4.69) is 0 Å². The van der Waals surface area contributed by atoms with Crippen LogP contribution in [-0.2, 0) is 19.7 Å². The molecule has 3 fully saturated rings. The van der Waals surface area contributed by atoms with Crippen LogP contribution in [0, 0.1) is 11.7 Å². The van der Waals surface area contributed by atoms with Crippen molar-refractivity contribution in [3.8, 4) is 0 Å². The molecule has 2 atom stereocenters. The van der Waals surface area contributed by atoms with Gasteiger partial charge in [0.1, 0.15) is 5.82 Å². The zero-order valence-corrected chi connectivity index (χ0v) is 18.1. The highest BCUT2D eigenvalue weighted by molar-refractivity contribution is 5.89. The molecule has 0 radical (unpaired) electrons. The van der Waals surface area contributed by atoms with E-state index in [9.17, 15) is 14.0 Å². The Balaban J connectivity index is 1.42. The minimum atomic E-state index is -0.603. The van der Waals surface area contributed by atoms with Crippen LogP contribution >= 0.6 is 0 Å². The van der Waals surface area contributed by atoms with Gasteiger partial charge in [0.05, 0.1) is 17.6 Å². The van der Waals surface area contributed by atoms with Gasteiger partial charge in [-0.25, -0.2) is 4.39 Å². The van der Waals surface area contributed by atoms with Crippen molar-refractivity contribution in [3.05, 3.63) is 35.6 Å². The third-order valence-electron chi connectivity index (χ3n) is 7.11. The molecule has 1 aromatic carbocycles. The number of ether oxygens (including phenoxy) is 1. The summed E-state index contributed by atoms with van der Waals surface area (Å²) in [5.41, 5.74) is 0.202. The second-order valence-electron chi connectivity index (χ2n) is 9.37. The zero-order chi connectivity index (χ0) is 21.3. The van der Waals surface area contributed by atoms with Crippen LogP contribution in [0.2, 0.25) is 0 Å². The van der Waals surface area contributed by atoms with Crippen molar-refractivity contribution in [1.82, 2.24) is 9.80 Å². The molecule has 2 aliphatic heterocycles. The average molecular weight is 417 g/mol. The van der Waals surface area contributed by atoms with E-state index in [1.165, 1.54) is 12.1 Å². The number of morpholine rings is 1. The summed E-state index contributed by atoms with van der Waals surface area (Å²) in [5, 5.41) is 0. The van der Waals surface area contributed by atoms with Gasteiger partial charge in [0, 0.05) is 32.1 Å². The Hall–Kier alpha value is -1.95. The Morgan fingerprint density at radius 2 is 1.67 bits per heavy atom. The maximum absolute atomic E-state index is 13.9. The van der Waals surface area contributed by atoms with Crippen molar-refractivity contribution in [2.45, 2.75) is 70.0 Å². The highest BCUT2D eigenvalue weighted by Gasteiger charge is 2.46. The second kappa shape index (κ2) is 8.66. The zero-order valence-electron chi connectivity index (χ0n) is 18.1. The quantitative estimate of drug-likeness (QED) is 0.758. The molecular formula is C24H33FN2O3. The molecule has 1 aromatic rings. The number of carbonyl (C=O) groups excluding carboxylic acids is 2. The smallest absolute Gasteiger partial charge is 0.233 e. The van der Waals surface area contributed by atoms with Crippen LogP contribution in [0.25, 0.3) is 0 Å². The minimum absolute atomic E-state index is 0.0275. The van der Waals surface area contributed by atoms with E-state index in [1.807, 2.05) is 29.7 Å². The van der Waals surface area contributed by atoms with Gasteiger partial charge >= 0.3 is 0 Å². The van der Waals surface area contributed by atoms with Gasteiger partial charge in [0.25, 0.3) is 0 Å². The molecule has 30 heavy (non-hydrogen) atoms. The Kier molecular flexibility index (Phi) is 6.14. The lowest BCUT2D eigenvalue weighted by atomic mass is 9.77. The van der Waals surface area contributed by atoms with E-state index in [1.54, 1.807) is 6.07 Å². The minimum Gasteiger partial charge on any atom is -0.372 e. The molecule has 0 N–H and O–H groups in total. The fourth-order valence-corrected chi connectivity index (χ4v) is 5.64. The number of amides is 2. The summed E-state index contributed by atoms with van der Waals surface area (Å²) in [6, 6.07) is 6.55. The van der Waals surface area contributed by atoms with E-state index in [0.717, 1.165) is 31.2 Å². The van der Waals surface area contributed by atoms with Gasteiger partial charge in [0.15, 0.2) is 0 Å². The number of rotatable bonds is 3. The molecule has 5 nitrogen and oxygen atoms in total. The first kappa shape index (κ1) is 21.3. The summed E-state index contributed by atoms with van der Waals surface area (Å²) in [6.07, 6.45) is 5.05. The van der Waals surface area contributed by atoms with Crippen LogP contribution in [0.3, 0.4) is 0 Å². The standard InChI is InChI=1S/C24H33FN2O3/c1-17-15-27(16-18(2)30-17)22(28)19-8-12-26(13-9-19)23(29)24(10-3-4-11-24)20-6-5-7-21(25)14-20/h5-7,14,17-19H,3-4,8-13,15-16H2,1-2H3. The summed E-state index contributed by atoms with van der Waals surface area (Å²) >= 11 is 0. The molecule has 3 aliphatic rings. The molecule has 2 saturated heterocycles. The normalized spacial score (nSPS) is 27.3. The molecule has 6 heteroatoms. The van der Waals surface area contributed by atoms with Crippen molar-refractivity contribution in [3.63, 3.8) is 0 Å². The van der Waals surface area contributed by atoms with Gasteiger partial charge in [-0.15, -0.1) is 0 Å². The predicted octanol–water partition coefficient (Wildman–Crippen LogP) is 3.51. The monoisotopic (exact) mass is 416 g/mol. The summed E-state index contributed by atoms with van der Waals surface area (Å²) in [4.78, 5) is 30.5. The molecule has 0 bridgehead atoms. The molecule has 1 saturated carbocycles. The number of hydrogen-bond donors (Lipinski definition) is 0. The van der Waals surface area contributed by atoms with Crippen LogP contribution in [0.1, 0.15) is 57.9 Å². The number of carbonyl (C=O) groups is 2. The van der Waals surface area contributed by atoms with Crippen LogP contribution in [-0.4, -0.2) is 60.0 Å². The summed E-state index contributed by atoms with van der Waals surface area (Å²) in [7, 11) is 0. The first-order valence-corrected chi connectivity index (χ1v) is 11.4. The van der Waals surface area contributed by atoms with E-state index in [-0.39, 0.29) is 35.8 Å². The van der Waals surface area contributed by atoms with Crippen LogP contribution < -0.4 is 0 Å². The van der Waals surface area contributed by atoms with Gasteiger partial charge in [-0.2, -0.15) is 0 Å². The fourth-order valence-electron chi connectivity index (χ4n) is 5.64. The lowest BCUT2D eigenvalue weighted by Crippen LogP contribution is -2.53. The molecule has 2 heterocycles. The number of benzene rings is 1. The lowest BCUT2D eigenvalue weighted by molar-refractivity contribution is -0.151. The first-order chi connectivity index (χ1) is 14.4. The number of halogens is 1. The molecule has 1 aliphatic carbocycles. The van der Waals surface area contributed by atoms with Gasteiger partial charge in [-0.05, 0) is 57.2 Å². The Morgan fingerprint density at radius 1 is 1.03 bits per heavy atom. The molecule has 0 spiro atoms. The Morgan fingerprint density at radius 3 is 2.27 bits per heavy atom. The summed E-state index contributed by atoms with van der Waals surface area (Å²) in [6.45, 7) is 6.49. The van der Waals surface area contributed by atoms with Gasteiger partial charge in [0.2, 0.25) is 11.8 Å². The molecule has 2 amide bonds. The molecular weight excluding hydrogens is 383 g/mol. The number of hydrogen-bond acceptors (Lipinski definition) is 3. The van der Waals surface area contributed by atoms with Crippen LogP contribution in [0.15, 0.2) is 24.3 Å². The topological polar surface area (TPSA) is 49.9 Å². The molecule has 0 aromatic heterocycles. The first-order valence-electron chi connectivity index (χ1n) is 11.4. The van der Waals surface area contributed by atoms with E-state index < -0.39 is 5.41 Å². The highest BCUT2D eigenvalue weighted by atomic mass is 19.1. The average Bonchev–Trinajstić information content (AvgIpc) is 3.23. The van der Waals surface area contributed by atoms with Gasteiger partial charge in [-0.3, -0.25) is 9.59 Å². The van der Waals surface area contributed by atoms with Gasteiger partial charge < -0.3 is 14.5 Å². The molecule has 4 rings (SSSR count). The largest absolute Gasteiger partial charge is 0.372 e. The predicted molar refractivity (Wildman–Crippen MR) is 112 cm³/mol. The third-order valence-corrected chi connectivity index (χ3v) is 7.11. The molecule has 164 valence electrons. The van der Waals surface area contributed by atoms with Crippen molar-refractivity contribution >= 4 is 11.8 Å². The number of piperidine rings is 1. The Labute approximate surface area is 178 Å². The van der Waals surface area contributed by atoms with E-state index in [4.69, 9.17) is 4.74 Å². The summed E-state index contributed by atoms with van der Waals surface area (Å²) in [5.74, 6) is 0.0000190. The number of nitrogens with zero attached hydrogens (tertiary/aromatic N) is 2. The maximum atomic E-state index is 13.9. The number of likely N-dealkylation sites (tertiary alicyclic amines) is 1. The van der Waals surface area contributed by atoms with Crippen molar-refractivity contribution in [1.29, 1.82) is 0 Å². The van der Waals surface area contributed by atoms with Crippen LogP contribution in [0.4, 0.5) is 4.39 Å². The van der Waals surface area contributed by atoms with Crippen molar-refractivity contribution < 1.29 is 18.7 Å². The second-order valence-corrected chi connectivity index (χ2v) is 9.37. The maximum Gasteiger partial charge on any atom is 0.233 e.